The van der Waals surface area contributed by atoms with Gasteiger partial charge in [0.25, 0.3) is 0 Å². The summed E-state index contributed by atoms with van der Waals surface area (Å²) in [6.07, 6.45) is -4.23. The minimum atomic E-state index is -4.50. The SMILES string of the molecule is COc1c(CC(C)N)cc(Cl)cc1C(F)(F)F. The van der Waals surface area contributed by atoms with Gasteiger partial charge in [-0.25, -0.2) is 0 Å². The molecule has 0 aliphatic heterocycles. The van der Waals surface area contributed by atoms with Crippen LogP contribution in [-0.2, 0) is 12.6 Å². The number of methoxy groups -OCH3 is 1. The van der Waals surface area contributed by atoms with Gasteiger partial charge < -0.3 is 10.5 Å². The summed E-state index contributed by atoms with van der Waals surface area (Å²) in [4.78, 5) is 0. The van der Waals surface area contributed by atoms with E-state index in [9.17, 15) is 13.2 Å². The first-order valence-electron chi connectivity index (χ1n) is 4.95. The van der Waals surface area contributed by atoms with E-state index < -0.39 is 11.7 Å². The molecule has 1 aromatic carbocycles. The molecule has 0 spiro atoms. The molecule has 1 rings (SSSR count). The lowest BCUT2D eigenvalue weighted by atomic mass is 10.0. The third-order valence-electron chi connectivity index (χ3n) is 2.18. The molecule has 0 radical (unpaired) electrons. The maximum absolute atomic E-state index is 12.8. The zero-order valence-corrected chi connectivity index (χ0v) is 10.2. The number of halogens is 4. The molecule has 0 bridgehead atoms. The third-order valence-corrected chi connectivity index (χ3v) is 2.40. The minimum Gasteiger partial charge on any atom is -0.496 e. The number of nitrogens with two attached hydrogens (primary N) is 1. The molecule has 0 amide bonds. The van der Waals surface area contributed by atoms with Gasteiger partial charge >= 0.3 is 6.18 Å². The van der Waals surface area contributed by atoms with Crippen LogP contribution in [0.2, 0.25) is 5.02 Å². The Morgan fingerprint density at radius 3 is 2.41 bits per heavy atom. The molecule has 0 saturated carbocycles. The molecule has 0 aromatic heterocycles. The van der Waals surface area contributed by atoms with Gasteiger partial charge in [0.2, 0.25) is 0 Å². The smallest absolute Gasteiger partial charge is 0.420 e. The van der Waals surface area contributed by atoms with E-state index in [-0.39, 0.29) is 23.2 Å². The Hall–Kier alpha value is -0.940. The maximum Gasteiger partial charge on any atom is 0.420 e. The number of hydrogen-bond donors (Lipinski definition) is 1. The van der Waals surface area contributed by atoms with Crippen LogP contribution in [0.15, 0.2) is 12.1 Å². The van der Waals surface area contributed by atoms with Crippen LogP contribution in [0.1, 0.15) is 18.1 Å². The second-order valence-corrected chi connectivity index (χ2v) is 4.26. The average molecular weight is 268 g/mol. The van der Waals surface area contributed by atoms with E-state index in [0.717, 1.165) is 6.07 Å². The van der Waals surface area contributed by atoms with E-state index in [4.69, 9.17) is 22.1 Å². The fourth-order valence-corrected chi connectivity index (χ4v) is 1.84. The molecular formula is C11H13ClF3NO. The topological polar surface area (TPSA) is 35.2 Å². The normalized spacial score (nSPS) is 13.6. The number of alkyl halides is 3. The summed E-state index contributed by atoms with van der Waals surface area (Å²) in [5, 5.41) is 0.0220. The highest BCUT2D eigenvalue weighted by atomic mass is 35.5. The second kappa shape index (κ2) is 5.14. The third kappa shape index (κ3) is 3.51. The Bertz CT molecular complexity index is 404. The fraction of sp³-hybridized carbons (Fsp3) is 0.455. The summed E-state index contributed by atoms with van der Waals surface area (Å²) in [6, 6.07) is 2.02. The van der Waals surface area contributed by atoms with Gasteiger partial charge in [-0.2, -0.15) is 13.2 Å². The first kappa shape index (κ1) is 14.1. The van der Waals surface area contributed by atoms with Gasteiger partial charge in [0.05, 0.1) is 12.7 Å². The monoisotopic (exact) mass is 267 g/mol. The van der Waals surface area contributed by atoms with Crippen LogP contribution >= 0.6 is 11.6 Å². The Balaban J connectivity index is 3.35. The van der Waals surface area contributed by atoms with Crippen LogP contribution < -0.4 is 10.5 Å². The first-order valence-corrected chi connectivity index (χ1v) is 5.32. The molecule has 0 aliphatic carbocycles. The molecule has 17 heavy (non-hydrogen) atoms. The molecule has 1 unspecified atom stereocenters. The molecule has 2 N–H and O–H groups in total. The van der Waals surface area contributed by atoms with Crippen LogP contribution in [0.5, 0.6) is 5.75 Å². The predicted molar refractivity (Wildman–Crippen MR) is 60.4 cm³/mol. The van der Waals surface area contributed by atoms with Crippen molar-refractivity contribution in [3.05, 3.63) is 28.3 Å². The van der Waals surface area contributed by atoms with Crippen molar-refractivity contribution in [2.75, 3.05) is 7.11 Å². The van der Waals surface area contributed by atoms with Gasteiger partial charge in [-0.1, -0.05) is 11.6 Å². The highest BCUT2D eigenvalue weighted by Crippen LogP contribution is 2.40. The summed E-state index contributed by atoms with van der Waals surface area (Å²) in [5.74, 6) is -0.209. The molecule has 0 aliphatic rings. The van der Waals surface area contributed by atoms with Gasteiger partial charge in [0.1, 0.15) is 5.75 Å². The van der Waals surface area contributed by atoms with Crippen molar-refractivity contribution in [2.24, 2.45) is 5.73 Å². The van der Waals surface area contributed by atoms with Gasteiger partial charge in [-0.15, -0.1) is 0 Å². The molecule has 2 nitrogen and oxygen atoms in total. The van der Waals surface area contributed by atoms with Crippen molar-refractivity contribution in [3.63, 3.8) is 0 Å². The maximum atomic E-state index is 12.8. The van der Waals surface area contributed by atoms with E-state index in [2.05, 4.69) is 0 Å². The Morgan fingerprint density at radius 2 is 2.00 bits per heavy atom. The highest BCUT2D eigenvalue weighted by molar-refractivity contribution is 6.30. The second-order valence-electron chi connectivity index (χ2n) is 3.82. The fourth-order valence-electron chi connectivity index (χ4n) is 1.60. The van der Waals surface area contributed by atoms with E-state index in [1.807, 2.05) is 0 Å². The molecule has 0 fully saturated rings. The van der Waals surface area contributed by atoms with Crippen LogP contribution in [0.4, 0.5) is 13.2 Å². The quantitative estimate of drug-likeness (QED) is 0.912. The van der Waals surface area contributed by atoms with Gasteiger partial charge in [-0.05, 0) is 31.0 Å². The van der Waals surface area contributed by atoms with Crippen molar-refractivity contribution in [3.8, 4) is 5.75 Å². The van der Waals surface area contributed by atoms with Crippen LogP contribution in [0.3, 0.4) is 0 Å². The van der Waals surface area contributed by atoms with Crippen molar-refractivity contribution >= 4 is 11.6 Å². The summed E-state index contributed by atoms with van der Waals surface area (Å²) in [6.45, 7) is 1.70. The molecule has 1 aromatic rings. The van der Waals surface area contributed by atoms with Crippen molar-refractivity contribution in [1.29, 1.82) is 0 Å². The number of ether oxygens (including phenoxy) is 1. The van der Waals surface area contributed by atoms with Crippen molar-refractivity contribution < 1.29 is 17.9 Å². The lowest BCUT2D eigenvalue weighted by molar-refractivity contribution is -0.138. The van der Waals surface area contributed by atoms with Crippen LogP contribution in [0, 0.1) is 0 Å². The van der Waals surface area contributed by atoms with Crippen molar-refractivity contribution in [2.45, 2.75) is 25.6 Å². The zero-order valence-electron chi connectivity index (χ0n) is 9.44. The van der Waals surface area contributed by atoms with Crippen LogP contribution in [0.25, 0.3) is 0 Å². The van der Waals surface area contributed by atoms with Gasteiger partial charge in [0.15, 0.2) is 0 Å². The molecule has 96 valence electrons. The summed E-state index contributed by atoms with van der Waals surface area (Å²) >= 11 is 5.67. The summed E-state index contributed by atoms with van der Waals surface area (Å²) < 4.78 is 43.1. The molecule has 1 atom stereocenters. The largest absolute Gasteiger partial charge is 0.496 e. The Labute approximate surface area is 103 Å². The molecule has 0 saturated heterocycles. The lowest BCUT2D eigenvalue weighted by Gasteiger charge is -2.17. The van der Waals surface area contributed by atoms with E-state index in [1.165, 1.54) is 13.2 Å². The zero-order chi connectivity index (χ0) is 13.2. The van der Waals surface area contributed by atoms with Gasteiger partial charge in [0, 0.05) is 11.1 Å². The average Bonchev–Trinajstić information content (AvgIpc) is 2.14. The molecular weight excluding hydrogens is 255 g/mol. The van der Waals surface area contributed by atoms with E-state index in [1.54, 1.807) is 6.92 Å². The number of benzene rings is 1. The van der Waals surface area contributed by atoms with Gasteiger partial charge in [-0.3, -0.25) is 0 Å². The predicted octanol–water partition coefficient (Wildman–Crippen LogP) is 3.26. The van der Waals surface area contributed by atoms with Crippen molar-refractivity contribution in [1.82, 2.24) is 0 Å². The first-order chi connectivity index (χ1) is 7.75. The standard InChI is InChI=1S/C11H13ClF3NO/c1-6(16)3-7-4-8(12)5-9(10(7)17-2)11(13,14)15/h4-6H,3,16H2,1-2H3. The lowest BCUT2D eigenvalue weighted by Crippen LogP contribution is -2.19. The molecule has 6 heteroatoms. The number of hydrogen-bond acceptors (Lipinski definition) is 2. The Kier molecular flexibility index (Phi) is 4.27. The molecule has 0 heterocycles. The highest BCUT2D eigenvalue weighted by Gasteiger charge is 2.35. The summed E-state index contributed by atoms with van der Waals surface area (Å²) in [5.41, 5.74) is 5.07. The minimum absolute atomic E-state index is 0.0220. The van der Waals surface area contributed by atoms with E-state index in [0.29, 0.717) is 5.56 Å². The number of rotatable bonds is 3. The van der Waals surface area contributed by atoms with E-state index >= 15 is 0 Å². The Morgan fingerprint density at radius 1 is 1.41 bits per heavy atom. The summed E-state index contributed by atoms with van der Waals surface area (Å²) in [7, 11) is 1.20. The van der Waals surface area contributed by atoms with Crippen LogP contribution in [-0.4, -0.2) is 13.2 Å².